The van der Waals surface area contributed by atoms with E-state index in [1.165, 1.54) is 25.7 Å². The van der Waals surface area contributed by atoms with Crippen molar-refractivity contribution in [3.05, 3.63) is 24.3 Å². The maximum atomic E-state index is 12.0. The lowest BCUT2D eigenvalue weighted by molar-refractivity contribution is -0.139. The Kier molecular flexibility index (Phi) is 9.32. The molecule has 0 fully saturated rings. The van der Waals surface area contributed by atoms with Gasteiger partial charge in [-0.1, -0.05) is 52.5 Å². The number of unbranched alkanes of at least 4 members (excludes halogenated alkanes) is 5. The summed E-state index contributed by atoms with van der Waals surface area (Å²) in [6, 6.07) is 0. The molecule has 0 spiro atoms. The zero-order valence-electron chi connectivity index (χ0n) is 17.9. The summed E-state index contributed by atoms with van der Waals surface area (Å²) in [6.07, 6.45) is 13.0. The quantitative estimate of drug-likeness (QED) is 0.166. The van der Waals surface area contributed by atoms with E-state index in [1.54, 1.807) is 0 Å². The van der Waals surface area contributed by atoms with Crippen LogP contribution in [0.1, 0.15) is 79.1 Å². The number of ether oxygens (including phenoxy) is 1. The zero-order valence-corrected chi connectivity index (χ0v) is 18.9. The second kappa shape index (κ2) is 10.5. The van der Waals surface area contributed by atoms with Gasteiger partial charge in [0.15, 0.2) is 8.32 Å². The van der Waals surface area contributed by atoms with Crippen molar-refractivity contribution < 1.29 is 14.0 Å². The summed E-state index contributed by atoms with van der Waals surface area (Å²) in [5, 5.41) is 0.174. The molecule has 150 valence electrons. The molecule has 1 heterocycles. The number of carbonyl (C=O) groups excluding carboxylic acids is 1. The largest absolute Gasteiger partial charge is 0.455 e. The lowest BCUT2D eigenvalue weighted by Gasteiger charge is -2.39. The minimum atomic E-state index is -1.86. The monoisotopic (exact) mass is 380 g/mol. The van der Waals surface area contributed by atoms with Crippen LogP contribution in [-0.4, -0.2) is 26.5 Å². The van der Waals surface area contributed by atoms with E-state index in [9.17, 15) is 4.79 Å². The molecule has 0 unspecified atom stereocenters. The fourth-order valence-corrected chi connectivity index (χ4v) is 4.40. The highest BCUT2D eigenvalue weighted by Gasteiger charge is 2.39. The van der Waals surface area contributed by atoms with Gasteiger partial charge in [0.1, 0.15) is 6.10 Å². The predicted octanol–water partition coefficient (Wildman–Crippen LogP) is 6.56. The molecule has 0 bridgehead atoms. The van der Waals surface area contributed by atoms with E-state index in [2.05, 4.69) is 40.4 Å². The third kappa shape index (κ3) is 7.79. The van der Waals surface area contributed by atoms with Crippen LogP contribution in [0.2, 0.25) is 18.1 Å². The number of rotatable bonds is 12. The smallest absolute Gasteiger partial charge is 0.334 e. The highest BCUT2D eigenvalue weighted by atomic mass is 28.4. The van der Waals surface area contributed by atoms with Crippen molar-refractivity contribution in [3.63, 3.8) is 0 Å². The Balaban J connectivity index is 2.60. The molecule has 3 nitrogen and oxygen atoms in total. The van der Waals surface area contributed by atoms with Gasteiger partial charge in [-0.2, -0.15) is 0 Å². The number of esters is 1. The number of cyclic esters (lactones) is 1. The van der Waals surface area contributed by atoms with Gasteiger partial charge in [-0.25, -0.2) is 4.79 Å². The lowest BCUT2D eigenvalue weighted by Crippen LogP contribution is -2.44. The van der Waals surface area contributed by atoms with Crippen LogP contribution in [0.25, 0.3) is 0 Å². The van der Waals surface area contributed by atoms with Gasteiger partial charge in [0.05, 0.1) is 0 Å². The van der Waals surface area contributed by atoms with Crippen molar-refractivity contribution in [2.24, 2.45) is 0 Å². The van der Waals surface area contributed by atoms with Crippen LogP contribution in [0, 0.1) is 0 Å². The summed E-state index contributed by atoms with van der Waals surface area (Å²) >= 11 is 0. The normalized spacial score (nSPS) is 19.2. The number of allylic oxidation sites excluding steroid dienone is 1. The molecular formula is C22H40O3Si. The molecule has 0 N–H and O–H groups in total. The van der Waals surface area contributed by atoms with E-state index in [-0.39, 0.29) is 23.2 Å². The van der Waals surface area contributed by atoms with E-state index >= 15 is 0 Å². The molecule has 4 heteroatoms. The minimum absolute atomic E-state index is 0.101. The molecule has 0 aromatic carbocycles. The molecule has 0 saturated heterocycles. The van der Waals surface area contributed by atoms with E-state index in [4.69, 9.17) is 9.16 Å². The average Bonchev–Trinajstić information content (AvgIpc) is 2.82. The van der Waals surface area contributed by atoms with Crippen LogP contribution in [0.4, 0.5) is 0 Å². The average molecular weight is 381 g/mol. The molecule has 26 heavy (non-hydrogen) atoms. The summed E-state index contributed by atoms with van der Waals surface area (Å²) in [5.74, 6) is -0.161. The number of carbonyl (C=O) groups is 1. The van der Waals surface area contributed by atoms with Crippen molar-refractivity contribution in [2.75, 3.05) is 0 Å². The van der Waals surface area contributed by atoms with Gasteiger partial charge >= 0.3 is 5.97 Å². The first kappa shape index (κ1) is 23.2. The summed E-state index contributed by atoms with van der Waals surface area (Å²) < 4.78 is 11.9. The van der Waals surface area contributed by atoms with Crippen molar-refractivity contribution in [3.8, 4) is 0 Å². The van der Waals surface area contributed by atoms with Gasteiger partial charge < -0.3 is 9.16 Å². The molecule has 1 aliphatic heterocycles. The highest BCUT2D eigenvalue weighted by Crippen LogP contribution is 2.38. The van der Waals surface area contributed by atoms with Crippen LogP contribution in [-0.2, 0) is 14.0 Å². The molecule has 1 aliphatic rings. The molecule has 0 aliphatic carbocycles. The van der Waals surface area contributed by atoms with Crippen molar-refractivity contribution in [1.29, 1.82) is 0 Å². The third-order valence-corrected chi connectivity index (χ3v) is 10.2. The van der Waals surface area contributed by atoms with Gasteiger partial charge in [-0.05, 0) is 50.4 Å². The second-order valence-corrected chi connectivity index (χ2v) is 13.9. The molecule has 0 aromatic rings. The molecule has 2 atom stereocenters. The van der Waals surface area contributed by atoms with E-state index in [0.717, 1.165) is 24.8 Å². The Labute approximate surface area is 162 Å². The van der Waals surface area contributed by atoms with Crippen LogP contribution in [0.3, 0.4) is 0 Å². The Morgan fingerprint density at radius 1 is 1.23 bits per heavy atom. The van der Waals surface area contributed by atoms with Crippen LogP contribution in [0.5, 0.6) is 0 Å². The molecule has 1 rings (SSSR count). The Bertz CT molecular complexity index is 488. The first-order valence-corrected chi connectivity index (χ1v) is 13.2. The summed E-state index contributed by atoms with van der Waals surface area (Å²) in [7, 11) is -1.86. The van der Waals surface area contributed by atoms with Crippen LogP contribution in [0.15, 0.2) is 24.3 Å². The fourth-order valence-electron chi connectivity index (χ4n) is 3.01. The maximum Gasteiger partial charge on any atom is 0.334 e. The van der Waals surface area contributed by atoms with Gasteiger partial charge in [-0.15, -0.1) is 6.58 Å². The lowest BCUT2D eigenvalue weighted by atomic mass is 10.0. The minimum Gasteiger partial charge on any atom is -0.455 e. The fraction of sp³-hybridized carbons (Fsp3) is 0.773. The summed E-state index contributed by atoms with van der Waals surface area (Å²) in [5.41, 5.74) is 0.798. The molecule has 0 saturated carbocycles. The molecule has 0 radical (unpaired) electrons. The van der Waals surface area contributed by atoms with Crippen LogP contribution < -0.4 is 0 Å². The Hall–Kier alpha value is -0.873. The Morgan fingerprint density at radius 3 is 2.38 bits per heavy atom. The zero-order chi connectivity index (χ0) is 19.8. The first-order valence-electron chi connectivity index (χ1n) is 10.3. The SMILES string of the molecule is C=CCCCCCCC[C@H](CC1=C[C@H](C)OC1=O)O[Si](C)(C)C(C)(C)C. The standard InChI is InChI=1S/C22H40O3Si/c1-8-9-10-11-12-13-14-15-20(25-26(6,7)22(3,4)5)17-19-16-18(2)24-21(19)23/h8,16,18,20H,1,9-15,17H2,2-7H3/t18-,20+/m0/s1. The molecular weight excluding hydrogens is 340 g/mol. The summed E-state index contributed by atoms with van der Waals surface area (Å²) in [4.78, 5) is 12.0. The van der Waals surface area contributed by atoms with E-state index < -0.39 is 8.32 Å². The van der Waals surface area contributed by atoms with Crippen LogP contribution >= 0.6 is 0 Å². The topological polar surface area (TPSA) is 35.5 Å². The van der Waals surface area contributed by atoms with Gasteiger partial charge in [0, 0.05) is 18.1 Å². The predicted molar refractivity (Wildman–Crippen MR) is 113 cm³/mol. The van der Waals surface area contributed by atoms with Gasteiger partial charge in [-0.3, -0.25) is 0 Å². The third-order valence-electron chi connectivity index (χ3n) is 5.64. The highest BCUT2D eigenvalue weighted by molar-refractivity contribution is 6.74. The van der Waals surface area contributed by atoms with Crippen molar-refractivity contribution >= 4 is 14.3 Å². The second-order valence-electron chi connectivity index (χ2n) is 9.14. The number of hydrogen-bond acceptors (Lipinski definition) is 3. The number of hydrogen-bond donors (Lipinski definition) is 0. The molecule has 0 aromatic heterocycles. The van der Waals surface area contributed by atoms with Gasteiger partial charge in [0.2, 0.25) is 0 Å². The first-order chi connectivity index (χ1) is 12.1. The van der Waals surface area contributed by atoms with Crippen molar-refractivity contribution in [2.45, 2.75) is 109 Å². The van der Waals surface area contributed by atoms with Gasteiger partial charge in [0.25, 0.3) is 0 Å². The van der Waals surface area contributed by atoms with E-state index in [0.29, 0.717) is 6.42 Å². The van der Waals surface area contributed by atoms with E-state index in [1.807, 2.05) is 19.1 Å². The van der Waals surface area contributed by atoms with Crippen molar-refractivity contribution in [1.82, 2.24) is 0 Å². The maximum absolute atomic E-state index is 12.0. The molecule has 0 amide bonds. The Morgan fingerprint density at radius 2 is 1.85 bits per heavy atom. The summed E-state index contributed by atoms with van der Waals surface area (Å²) in [6.45, 7) is 17.1.